The summed E-state index contributed by atoms with van der Waals surface area (Å²) in [5.74, 6) is 0.783. The van der Waals surface area contributed by atoms with Crippen molar-refractivity contribution in [2.45, 2.75) is 6.42 Å². The number of urea groups is 1. The lowest BCUT2D eigenvalue weighted by molar-refractivity contribution is 0.0706. The van der Waals surface area contributed by atoms with Gasteiger partial charge in [-0.15, -0.1) is 0 Å². The molecule has 2 fully saturated rings. The molecule has 2 atom stereocenters. The summed E-state index contributed by atoms with van der Waals surface area (Å²) in [6.07, 6.45) is 3.89. The minimum atomic E-state index is -0.670. The number of likely N-dealkylation sites (tertiary alicyclic amines) is 1. The lowest BCUT2D eigenvalue weighted by Crippen LogP contribution is -2.40. The third-order valence-electron chi connectivity index (χ3n) is 6.27. The minimum absolute atomic E-state index is 0.185. The number of hydrogen-bond acceptors (Lipinski definition) is 7. The normalized spacial score (nSPS) is 19.9. The number of rotatable bonds is 3. The summed E-state index contributed by atoms with van der Waals surface area (Å²) < 4.78 is 13.4. The number of benzene rings is 1. The number of pyridine rings is 1. The van der Waals surface area contributed by atoms with E-state index in [0.29, 0.717) is 41.8 Å². The molecule has 2 aromatic heterocycles. The molecule has 10 nitrogen and oxygen atoms in total. The zero-order valence-corrected chi connectivity index (χ0v) is 17.6. The van der Waals surface area contributed by atoms with E-state index in [-0.39, 0.29) is 17.4 Å². The van der Waals surface area contributed by atoms with Gasteiger partial charge in [0, 0.05) is 38.4 Å². The molecular weight excluding hydrogens is 429 g/mol. The Hall–Kier alpha value is -3.86. The Morgan fingerprint density at radius 1 is 1.03 bits per heavy atom. The third-order valence-corrected chi connectivity index (χ3v) is 6.27. The predicted molar refractivity (Wildman–Crippen MR) is 117 cm³/mol. The molecule has 0 saturated carbocycles. The Morgan fingerprint density at radius 2 is 1.88 bits per heavy atom. The van der Waals surface area contributed by atoms with Crippen LogP contribution in [0.25, 0.3) is 11.0 Å². The standard InChI is InChI=1S/C22H22FN7O3/c23-16-2-3-17-18(7-16)24-9-20(26-17)29-6-5-14-10-30(12-15(14)11-29)22(32)27-19-4-1-13(8-25-19)21(31)28-33/h1-4,7-9,14-15,33H,5-6,10-12H2,(H,28,31)(H,25,27,32). The van der Waals surface area contributed by atoms with Gasteiger partial charge < -0.3 is 9.80 Å². The quantitative estimate of drug-likeness (QED) is 0.412. The summed E-state index contributed by atoms with van der Waals surface area (Å²) in [6.45, 7) is 2.86. The molecule has 2 saturated heterocycles. The monoisotopic (exact) mass is 451 g/mol. The van der Waals surface area contributed by atoms with Crippen molar-refractivity contribution in [3.63, 3.8) is 0 Å². The van der Waals surface area contributed by atoms with Gasteiger partial charge in [0.05, 0.1) is 22.8 Å². The summed E-state index contributed by atoms with van der Waals surface area (Å²) in [4.78, 5) is 41.1. The summed E-state index contributed by atoms with van der Waals surface area (Å²) in [5, 5.41) is 11.4. The lowest BCUT2D eigenvalue weighted by atomic mass is 9.89. The van der Waals surface area contributed by atoms with Crippen LogP contribution in [0, 0.1) is 17.7 Å². The number of nitrogens with one attached hydrogen (secondary N) is 2. The number of aromatic nitrogens is 3. The maximum Gasteiger partial charge on any atom is 0.323 e. The molecule has 33 heavy (non-hydrogen) atoms. The number of amides is 3. The minimum Gasteiger partial charge on any atom is -0.355 e. The Morgan fingerprint density at radius 3 is 2.67 bits per heavy atom. The van der Waals surface area contributed by atoms with E-state index < -0.39 is 5.91 Å². The number of carbonyl (C=O) groups excluding carboxylic acids is 2. The van der Waals surface area contributed by atoms with E-state index in [9.17, 15) is 14.0 Å². The molecule has 3 amide bonds. The molecular formula is C22H22FN7O3. The molecule has 2 aliphatic rings. The maximum absolute atomic E-state index is 13.4. The first-order valence-corrected chi connectivity index (χ1v) is 10.6. The van der Waals surface area contributed by atoms with Crippen molar-refractivity contribution in [2.75, 3.05) is 36.4 Å². The summed E-state index contributed by atoms with van der Waals surface area (Å²) in [5.41, 5.74) is 2.90. The molecule has 4 heterocycles. The molecule has 1 aromatic carbocycles. The van der Waals surface area contributed by atoms with Crippen molar-refractivity contribution >= 4 is 34.6 Å². The van der Waals surface area contributed by atoms with Crippen LogP contribution in [0.5, 0.6) is 0 Å². The van der Waals surface area contributed by atoms with Gasteiger partial charge in [-0.2, -0.15) is 0 Å². The second-order valence-electron chi connectivity index (χ2n) is 8.32. The van der Waals surface area contributed by atoms with Crippen molar-refractivity contribution < 1.29 is 19.2 Å². The van der Waals surface area contributed by atoms with E-state index in [1.54, 1.807) is 17.2 Å². The molecule has 2 unspecified atom stereocenters. The van der Waals surface area contributed by atoms with Crippen molar-refractivity contribution in [1.82, 2.24) is 25.3 Å². The zero-order chi connectivity index (χ0) is 22.9. The van der Waals surface area contributed by atoms with Crippen molar-refractivity contribution in [1.29, 1.82) is 0 Å². The van der Waals surface area contributed by atoms with Crippen LogP contribution in [-0.4, -0.2) is 63.2 Å². The SMILES string of the molecule is O=C(NO)c1ccc(NC(=O)N2CC3CCN(c4cnc5cc(F)ccc5n4)CC3C2)nc1. The fourth-order valence-electron chi connectivity index (χ4n) is 4.52. The number of nitrogens with zero attached hydrogens (tertiary/aromatic N) is 5. The molecule has 3 aromatic rings. The van der Waals surface area contributed by atoms with E-state index >= 15 is 0 Å². The largest absolute Gasteiger partial charge is 0.355 e. The van der Waals surface area contributed by atoms with E-state index in [4.69, 9.17) is 5.21 Å². The number of hydroxylamine groups is 1. The number of piperidine rings is 1. The lowest BCUT2D eigenvalue weighted by Gasteiger charge is -2.34. The van der Waals surface area contributed by atoms with Crippen LogP contribution < -0.4 is 15.7 Å². The average molecular weight is 451 g/mol. The van der Waals surface area contributed by atoms with Crippen LogP contribution in [0.15, 0.2) is 42.7 Å². The van der Waals surface area contributed by atoms with Gasteiger partial charge in [0.2, 0.25) is 0 Å². The second kappa shape index (κ2) is 8.58. The number of carbonyl (C=O) groups is 2. The first-order chi connectivity index (χ1) is 16.0. The van der Waals surface area contributed by atoms with Gasteiger partial charge in [-0.25, -0.2) is 24.6 Å². The van der Waals surface area contributed by atoms with Crippen LogP contribution in [0.3, 0.4) is 0 Å². The van der Waals surface area contributed by atoms with Crippen LogP contribution in [0.2, 0.25) is 0 Å². The average Bonchev–Trinajstić information content (AvgIpc) is 3.27. The molecule has 11 heteroatoms. The van der Waals surface area contributed by atoms with Crippen LogP contribution in [0.1, 0.15) is 16.8 Å². The van der Waals surface area contributed by atoms with Crippen molar-refractivity contribution in [3.05, 3.63) is 54.1 Å². The first kappa shape index (κ1) is 21.0. The molecule has 0 radical (unpaired) electrons. The molecule has 170 valence electrons. The van der Waals surface area contributed by atoms with Gasteiger partial charge in [-0.05, 0) is 42.5 Å². The number of hydrogen-bond donors (Lipinski definition) is 3. The maximum atomic E-state index is 13.4. The number of fused-ring (bicyclic) bond motifs is 2. The highest BCUT2D eigenvalue weighted by molar-refractivity contribution is 5.94. The third kappa shape index (κ3) is 4.27. The van der Waals surface area contributed by atoms with Crippen molar-refractivity contribution in [3.8, 4) is 0 Å². The van der Waals surface area contributed by atoms with E-state index in [1.165, 1.54) is 35.9 Å². The summed E-state index contributed by atoms with van der Waals surface area (Å²) >= 11 is 0. The Balaban J connectivity index is 1.22. The highest BCUT2D eigenvalue weighted by Gasteiger charge is 2.39. The number of halogens is 1. The number of anilines is 2. The topological polar surface area (TPSA) is 124 Å². The highest BCUT2D eigenvalue weighted by atomic mass is 19.1. The van der Waals surface area contributed by atoms with E-state index in [0.717, 1.165) is 25.3 Å². The molecule has 3 N–H and O–H groups in total. The first-order valence-electron chi connectivity index (χ1n) is 10.6. The van der Waals surface area contributed by atoms with E-state index in [2.05, 4.69) is 25.2 Å². The Bertz CT molecular complexity index is 1210. The molecule has 0 bridgehead atoms. The molecule has 5 rings (SSSR count). The predicted octanol–water partition coefficient (Wildman–Crippen LogP) is 2.27. The van der Waals surface area contributed by atoms with Gasteiger partial charge in [0.15, 0.2) is 0 Å². The highest BCUT2D eigenvalue weighted by Crippen LogP contribution is 2.33. The zero-order valence-electron chi connectivity index (χ0n) is 17.6. The Kier molecular flexibility index (Phi) is 5.47. The van der Waals surface area contributed by atoms with Gasteiger partial charge in [0.25, 0.3) is 5.91 Å². The summed E-state index contributed by atoms with van der Waals surface area (Å²) in [6, 6.07) is 7.12. The molecule has 0 aliphatic carbocycles. The van der Waals surface area contributed by atoms with Crippen LogP contribution in [0.4, 0.5) is 20.8 Å². The van der Waals surface area contributed by atoms with Crippen molar-refractivity contribution in [2.24, 2.45) is 11.8 Å². The fraction of sp³-hybridized carbons (Fsp3) is 0.318. The second-order valence-corrected chi connectivity index (χ2v) is 8.32. The van der Waals surface area contributed by atoms with Gasteiger partial charge in [-0.1, -0.05) is 0 Å². The van der Waals surface area contributed by atoms with Gasteiger partial charge in [-0.3, -0.25) is 20.3 Å². The Labute approximate surface area is 188 Å². The van der Waals surface area contributed by atoms with Crippen LogP contribution >= 0.6 is 0 Å². The van der Waals surface area contributed by atoms with Gasteiger partial charge >= 0.3 is 6.03 Å². The summed E-state index contributed by atoms with van der Waals surface area (Å²) in [7, 11) is 0. The smallest absolute Gasteiger partial charge is 0.323 e. The molecule has 0 spiro atoms. The van der Waals surface area contributed by atoms with Gasteiger partial charge in [0.1, 0.15) is 17.5 Å². The molecule has 2 aliphatic heterocycles. The van der Waals surface area contributed by atoms with Crippen LogP contribution in [-0.2, 0) is 0 Å². The fourth-order valence-corrected chi connectivity index (χ4v) is 4.52. The van der Waals surface area contributed by atoms with E-state index in [1.807, 2.05) is 0 Å².